The molecular formula is C62H115NO8P+. The van der Waals surface area contributed by atoms with Crippen LogP contribution in [0.3, 0.4) is 0 Å². The molecule has 0 aromatic heterocycles. The summed E-state index contributed by atoms with van der Waals surface area (Å²) in [5, 5.41) is 0. The van der Waals surface area contributed by atoms with E-state index in [1.54, 1.807) is 0 Å². The van der Waals surface area contributed by atoms with Crippen LogP contribution in [0.15, 0.2) is 60.8 Å². The number of allylic oxidation sites excluding steroid dienone is 10. The van der Waals surface area contributed by atoms with Crippen molar-refractivity contribution in [3.63, 3.8) is 0 Å². The Kier molecular flexibility index (Phi) is 51.8. The zero-order valence-electron chi connectivity index (χ0n) is 47.7. The molecule has 0 aromatic carbocycles. The van der Waals surface area contributed by atoms with Gasteiger partial charge in [-0.1, -0.05) is 242 Å². The van der Waals surface area contributed by atoms with E-state index in [1.807, 2.05) is 21.1 Å². The Labute approximate surface area is 445 Å². The number of hydrogen-bond donors (Lipinski definition) is 1. The first-order valence-corrected chi connectivity index (χ1v) is 31.5. The third-order valence-electron chi connectivity index (χ3n) is 13.0. The summed E-state index contributed by atoms with van der Waals surface area (Å²) in [6.07, 6.45) is 68.8. The third kappa shape index (κ3) is 57.0. The monoisotopic (exact) mass is 1030 g/mol. The van der Waals surface area contributed by atoms with Gasteiger partial charge in [0, 0.05) is 12.8 Å². The van der Waals surface area contributed by atoms with E-state index in [-0.39, 0.29) is 32.0 Å². The summed E-state index contributed by atoms with van der Waals surface area (Å²) in [5.41, 5.74) is 0. The maximum Gasteiger partial charge on any atom is 0.472 e. The molecule has 2 atom stereocenters. The Hall–Kier alpha value is -2.29. The van der Waals surface area contributed by atoms with Gasteiger partial charge in [0.25, 0.3) is 0 Å². The number of carbonyl (C=O) groups excluding carboxylic acids is 2. The van der Waals surface area contributed by atoms with Gasteiger partial charge >= 0.3 is 19.8 Å². The molecular weight excluding hydrogens is 918 g/mol. The molecule has 0 aliphatic carbocycles. The van der Waals surface area contributed by atoms with Gasteiger partial charge in [0.2, 0.25) is 0 Å². The normalized spacial score (nSPS) is 13.7. The summed E-state index contributed by atoms with van der Waals surface area (Å²) in [6, 6.07) is 0. The average Bonchev–Trinajstić information content (AvgIpc) is 3.34. The van der Waals surface area contributed by atoms with Crippen LogP contribution in [0.1, 0.15) is 271 Å². The number of unbranched alkanes of at least 4 members (excludes halogenated alkanes) is 31. The number of esters is 2. The topological polar surface area (TPSA) is 108 Å². The van der Waals surface area contributed by atoms with Gasteiger partial charge in [-0.15, -0.1) is 0 Å². The minimum Gasteiger partial charge on any atom is -0.462 e. The molecule has 0 aromatic rings. The van der Waals surface area contributed by atoms with Crippen molar-refractivity contribution in [2.75, 3.05) is 47.5 Å². The summed E-state index contributed by atoms with van der Waals surface area (Å²) in [4.78, 5) is 35.6. The second kappa shape index (κ2) is 53.5. The van der Waals surface area contributed by atoms with Crippen LogP contribution < -0.4 is 0 Å². The Morgan fingerprint density at radius 2 is 0.792 bits per heavy atom. The van der Waals surface area contributed by atoms with Gasteiger partial charge in [0.15, 0.2) is 6.10 Å². The lowest BCUT2D eigenvalue weighted by Gasteiger charge is -2.24. The van der Waals surface area contributed by atoms with Crippen molar-refractivity contribution < 1.29 is 42.1 Å². The van der Waals surface area contributed by atoms with Gasteiger partial charge in [-0.2, -0.15) is 0 Å². The molecule has 0 aliphatic rings. The smallest absolute Gasteiger partial charge is 0.462 e. The van der Waals surface area contributed by atoms with Gasteiger partial charge in [0.05, 0.1) is 27.7 Å². The SMILES string of the molecule is CC/C=C\C/C=C\C/C=C\C/C=C\CCCCCCCCCCCCCCCCCCCCCCC(=O)OC(COC(=O)CCCCCCC/C=C\CCCCCCCC)COP(=O)(O)OCC[N+](C)(C)C. The van der Waals surface area contributed by atoms with Crippen LogP contribution in [0.4, 0.5) is 0 Å². The molecule has 2 unspecified atom stereocenters. The van der Waals surface area contributed by atoms with E-state index < -0.39 is 26.5 Å². The maximum absolute atomic E-state index is 12.8. The van der Waals surface area contributed by atoms with E-state index in [1.165, 1.54) is 161 Å². The van der Waals surface area contributed by atoms with Gasteiger partial charge < -0.3 is 18.9 Å². The average molecular weight is 1030 g/mol. The van der Waals surface area contributed by atoms with Crippen molar-refractivity contribution >= 4 is 19.8 Å². The molecule has 0 radical (unpaired) electrons. The molecule has 9 nitrogen and oxygen atoms in total. The molecule has 0 fully saturated rings. The lowest BCUT2D eigenvalue weighted by atomic mass is 10.0. The number of hydrogen-bond acceptors (Lipinski definition) is 7. The van der Waals surface area contributed by atoms with Crippen molar-refractivity contribution in [3.05, 3.63) is 60.8 Å². The Bertz CT molecular complexity index is 1400. The van der Waals surface area contributed by atoms with Crippen LogP contribution in [-0.4, -0.2) is 74.9 Å². The number of rotatable bonds is 55. The second-order valence-corrected chi connectivity index (χ2v) is 22.8. The highest BCUT2D eigenvalue weighted by Gasteiger charge is 2.27. The van der Waals surface area contributed by atoms with Gasteiger partial charge in [-0.25, -0.2) is 4.57 Å². The zero-order chi connectivity index (χ0) is 52.7. The largest absolute Gasteiger partial charge is 0.472 e. The van der Waals surface area contributed by atoms with Crippen molar-refractivity contribution in [2.24, 2.45) is 0 Å². The van der Waals surface area contributed by atoms with Crippen LogP contribution in [0.2, 0.25) is 0 Å². The van der Waals surface area contributed by atoms with Gasteiger partial charge in [0.1, 0.15) is 19.8 Å². The minimum atomic E-state index is -4.38. The Morgan fingerprint density at radius 3 is 1.19 bits per heavy atom. The Balaban J connectivity index is 4.02. The second-order valence-electron chi connectivity index (χ2n) is 21.4. The van der Waals surface area contributed by atoms with E-state index in [9.17, 15) is 19.0 Å². The molecule has 72 heavy (non-hydrogen) atoms. The predicted octanol–water partition coefficient (Wildman–Crippen LogP) is 18.7. The minimum absolute atomic E-state index is 0.0310. The maximum atomic E-state index is 12.8. The summed E-state index contributed by atoms with van der Waals surface area (Å²) >= 11 is 0. The molecule has 0 heterocycles. The van der Waals surface area contributed by atoms with Crippen molar-refractivity contribution in [2.45, 2.75) is 277 Å². The molecule has 0 bridgehead atoms. The van der Waals surface area contributed by atoms with Crippen molar-refractivity contribution in [1.29, 1.82) is 0 Å². The summed E-state index contributed by atoms with van der Waals surface area (Å²) in [5.74, 6) is -0.798. The first-order chi connectivity index (χ1) is 35.0. The molecule has 10 heteroatoms. The number of carbonyl (C=O) groups is 2. The third-order valence-corrected chi connectivity index (χ3v) is 14.0. The summed E-state index contributed by atoms with van der Waals surface area (Å²) in [6.45, 7) is 4.33. The highest BCUT2D eigenvalue weighted by atomic mass is 31.2. The molecule has 0 saturated heterocycles. The lowest BCUT2D eigenvalue weighted by Crippen LogP contribution is -2.37. The highest BCUT2D eigenvalue weighted by molar-refractivity contribution is 7.47. The van der Waals surface area contributed by atoms with Crippen LogP contribution in [0.25, 0.3) is 0 Å². The number of quaternary nitrogens is 1. The molecule has 420 valence electrons. The number of ether oxygens (including phenoxy) is 2. The number of phosphoric acid groups is 1. The predicted molar refractivity (Wildman–Crippen MR) is 307 cm³/mol. The van der Waals surface area contributed by atoms with Crippen LogP contribution in [0, 0.1) is 0 Å². The fraction of sp³-hybridized carbons (Fsp3) is 0.806. The Morgan fingerprint density at radius 1 is 0.444 bits per heavy atom. The molecule has 0 saturated carbocycles. The summed E-state index contributed by atoms with van der Waals surface area (Å²) < 4.78 is 34.5. The fourth-order valence-corrected chi connectivity index (χ4v) is 9.16. The number of nitrogens with zero attached hydrogens (tertiary/aromatic N) is 1. The molecule has 0 spiro atoms. The van der Waals surface area contributed by atoms with Crippen LogP contribution in [-0.2, 0) is 32.7 Å². The van der Waals surface area contributed by atoms with Crippen LogP contribution in [0.5, 0.6) is 0 Å². The molecule has 0 aliphatic heterocycles. The van der Waals surface area contributed by atoms with Crippen molar-refractivity contribution in [1.82, 2.24) is 0 Å². The first kappa shape index (κ1) is 69.7. The standard InChI is InChI=1S/C62H114NO8P/c1-6-8-10-12-14-16-18-20-22-23-24-25-26-27-28-29-30-31-32-33-34-35-36-37-38-39-41-43-45-47-49-51-53-55-62(65)71-60(59-70-72(66,67)69-57-56-63(3,4)5)58-68-61(64)54-52-50-48-46-44-42-40-21-19-17-15-13-11-9-7-2/h8,10,14,16,20-22,24-25,40,60H,6-7,9,11-13,15,17-19,23,26-39,41-59H2,1-5H3/p+1/b10-8-,16-14-,22-20-,25-24-,40-21-. The molecule has 0 amide bonds. The molecule has 1 N–H and O–H groups in total. The van der Waals surface area contributed by atoms with E-state index in [2.05, 4.69) is 74.6 Å². The highest BCUT2D eigenvalue weighted by Crippen LogP contribution is 2.43. The van der Waals surface area contributed by atoms with Crippen molar-refractivity contribution in [3.8, 4) is 0 Å². The van der Waals surface area contributed by atoms with E-state index in [0.717, 1.165) is 77.0 Å². The van der Waals surface area contributed by atoms with Crippen LogP contribution >= 0.6 is 7.82 Å². The molecule has 0 rings (SSSR count). The summed E-state index contributed by atoms with van der Waals surface area (Å²) in [7, 11) is 1.48. The zero-order valence-corrected chi connectivity index (χ0v) is 48.6. The first-order valence-electron chi connectivity index (χ1n) is 30.0. The van der Waals surface area contributed by atoms with Gasteiger partial charge in [-0.3, -0.25) is 18.6 Å². The lowest BCUT2D eigenvalue weighted by molar-refractivity contribution is -0.870. The fourth-order valence-electron chi connectivity index (χ4n) is 8.41. The number of likely N-dealkylation sites (N-methyl/N-ethyl adjacent to an activating group) is 1. The van der Waals surface area contributed by atoms with E-state index in [0.29, 0.717) is 17.4 Å². The van der Waals surface area contributed by atoms with E-state index in [4.69, 9.17) is 18.5 Å². The number of phosphoric ester groups is 1. The van der Waals surface area contributed by atoms with Gasteiger partial charge in [-0.05, 0) is 77.0 Å². The van der Waals surface area contributed by atoms with E-state index >= 15 is 0 Å². The quantitative estimate of drug-likeness (QED) is 0.0211.